The average molecular weight is 384 g/mol. The van der Waals surface area contributed by atoms with E-state index in [1.807, 2.05) is 54.1 Å². The van der Waals surface area contributed by atoms with Gasteiger partial charge in [-0.25, -0.2) is 0 Å². The van der Waals surface area contributed by atoms with Gasteiger partial charge in [0.25, 0.3) is 5.91 Å². The van der Waals surface area contributed by atoms with Gasteiger partial charge in [-0.15, -0.1) is 0 Å². The molecule has 1 aromatic heterocycles. The number of para-hydroxylation sites is 1. The highest BCUT2D eigenvalue weighted by Crippen LogP contribution is 2.30. The van der Waals surface area contributed by atoms with E-state index in [9.17, 15) is 9.59 Å². The third-order valence-corrected chi connectivity index (χ3v) is 4.94. The molecule has 0 unspecified atom stereocenters. The van der Waals surface area contributed by atoms with E-state index in [0.717, 1.165) is 5.52 Å². The molecule has 29 heavy (non-hydrogen) atoms. The lowest BCUT2D eigenvalue weighted by Crippen LogP contribution is -2.21. The lowest BCUT2D eigenvalue weighted by molar-refractivity contribution is 0.102. The van der Waals surface area contributed by atoms with E-state index < -0.39 is 0 Å². The van der Waals surface area contributed by atoms with Gasteiger partial charge in [0, 0.05) is 18.0 Å². The summed E-state index contributed by atoms with van der Waals surface area (Å²) in [5, 5.41) is 3.54. The second-order valence-electron chi connectivity index (χ2n) is 6.68. The van der Waals surface area contributed by atoms with Gasteiger partial charge in [0.15, 0.2) is 5.43 Å². The van der Waals surface area contributed by atoms with E-state index in [1.54, 1.807) is 43.5 Å². The summed E-state index contributed by atoms with van der Waals surface area (Å²) in [6.07, 6.45) is 0. The Kier molecular flexibility index (Phi) is 4.87. The molecule has 5 heteroatoms. The lowest BCUT2D eigenvalue weighted by atomic mass is 10.0. The zero-order valence-electron chi connectivity index (χ0n) is 16.2. The minimum Gasteiger partial charge on any atom is -0.497 e. The summed E-state index contributed by atoms with van der Waals surface area (Å²) < 4.78 is 7.17. The van der Waals surface area contributed by atoms with E-state index in [0.29, 0.717) is 33.6 Å². The first-order chi connectivity index (χ1) is 14.1. The van der Waals surface area contributed by atoms with Crippen molar-refractivity contribution in [2.24, 2.45) is 7.05 Å². The van der Waals surface area contributed by atoms with E-state index in [1.165, 1.54) is 0 Å². The number of hydrogen-bond donors (Lipinski definition) is 1. The number of fused-ring (bicyclic) bond motifs is 1. The fourth-order valence-electron chi connectivity index (χ4n) is 3.45. The van der Waals surface area contributed by atoms with Gasteiger partial charge in [0.1, 0.15) is 11.6 Å². The van der Waals surface area contributed by atoms with Crippen LogP contribution in [0.5, 0.6) is 5.75 Å². The molecule has 4 rings (SSSR count). The molecule has 0 spiro atoms. The third kappa shape index (κ3) is 3.38. The molecular formula is C24H20N2O3. The van der Waals surface area contributed by atoms with Gasteiger partial charge in [-0.3, -0.25) is 9.59 Å². The molecule has 1 heterocycles. The Balaban J connectivity index is 1.97. The van der Waals surface area contributed by atoms with Crippen LogP contribution in [0.2, 0.25) is 0 Å². The van der Waals surface area contributed by atoms with Crippen molar-refractivity contribution in [2.75, 3.05) is 12.4 Å². The first-order valence-electron chi connectivity index (χ1n) is 9.22. The molecule has 0 aliphatic rings. The fraction of sp³-hybridized carbons (Fsp3) is 0.0833. The first-order valence-corrected chi connectivity index (χ1v) is 9.22. The Bertz CT molecular complexity index is 1260. The highest BCUT2D eigenvalue weighted by atomic mass is 16.5. The third-order valence-electron chi connectivity index (χ3n) is 4.94. The predicted molar refractivity (Wildman–Crippen MR) is 116 cm³/mol. The number of anilines is 1. The normalized spacial score (nSPS) is 10.7. The molecule has 0 atom stereocenters. The first kappa shape index (κ1) is 18.5. The SMILES string of the molecule is COc1cccc(-c2c(NC(=O)c3ccccc3)n(C)c3ccccc3c2=O)c1. The molecule has 0 fully saturated rings. The summed E-state index contributed by atoms with van der Waals surface area (Å²) in [6.45, 7) is 0. The van der Waals surface area contributed by atoms with Crippen molar-refractivity contribution in [3.8, 4) is 16.9 Å². The largest absolute Gasteiger partial charge is 0.497 e. The minimum atomic E-state index is -0.278. The van der Waals surface area contributed by atoms with Crippen LogP contribution in [0.3, 0.4) is 0 Å². The Morgan fingerprint density at radius 2 is 1.66 bits per heavy atom. The zero-order valence-corrected chi connectivity index (χ0v) is 16.2. The van der Waals surface area contributed by atoms with Crippen LogP contribution in [0.4, 0.5) is 5.82 Å². The number of pyridine rings is 1. The van der Waals surface area contributed by atoms with Crippen molar-refractivity contribution in [2.45, 2.75) is 0 Å². The number of amides is 1. The smallest absolute Gasteiger partial charge is 0.256 e. The number of hydrogen-bond acceptors (Lipinski definition) is 3. The van der Waals surface area contributed by atoms with E-state index in [2.05, 4.69) is 5.32 Å². The van der Waals surface area contributed by atoms with Crippen LogP contribution in [0.15, 0.2) is 83.7 Å². The maximum Gasteiger partial charge on any atom is 0.256 e. The molecule has 0 saturated carbocycles. The van der Waals surface area contributed by atoms with Gasteiger partial charge in [0.2, 0.25) is 0 Å². The van der Waals surface area contributed by atoms with Gasteiger partial charge in [-0.05, 0) is 42.0 Å². The van der Waals surface area contributed by atoms with Gasteiger partial charge in [-0.2, -0.15) is 0 Å². The van der Waals surface area contributed by atoms with Crippen molar-refractivity contribution in [1.82, 2.24) is 4.57 Å². The van der Waals surface area contributed by atoms with Crippen molar-refractivity contribution >= 4 is 22.6 Å². The van der Waals surface area contributed by atoms with Crippen LogP contribution in [0.1, 0.15) is 10.4 Å². The maximum absolute atomic E-state index is 13.4. The number of carbonyl (C=O) groups is 1. The van der Waals surface area contributed by atoms with E-state index in [4.69, 9.17) is 4.74 Å². The van der Waals surface area contributed by atoms with Crippen molar-refractivity contribution in [3.63, 3.8) is 0 Å². The quantitative estimate of drug-likeness (QED) is 0.565. The molecule has 0 radical (unpaired) electrons. The number of methoxy groups -OCH3 is 1. The predicted octanol–water partition coefficient (Wildman–Crippen LogP) is 4.47. The van der Waals surface area contributed by atoms with Crippen molar-refractivity contribution in [3.05, 3.63) is 94.6 Å². The number of ether oxygens (including phenoxy) is 1. The molecule has 0 aliphatic carbocycles. The van der Waals surface area contributed by atoms with E-state index in [-0.39, 0.29) is 11.3 Å². The summed E-state index contributed by atoms with van der Waals surface area (Å²) in [6, 6.07) is 23.6. The number of carbonyl (C=O) groups excluding carboxylic acids is 1. The van der Waals surface area contributed by atoms with E-state index >= 15 is 0 Å². The van der Waals surface area contributed by atoms with Crippen LogP contribution < -0.4 is 15.5 Å². The minimum absolute atomic E-state index is 0.143. The molecule has 3 aromatic carbocycles. The van der Waals surface area contributed by atoms with Crippen LogP contribution >= 0.6 is 0 Å². The van der Waals surface area contributed by atoms with Gasteiger partial charge in [-0.1, -0.05) is 42.5 Å². The summed E-state index contributed by atoms with van der Waals surface area (Å²) >= 11 is 0. The topological polar surface area (TPSA) is 60.3 Å². The van der Waals surface area contributed by atoms with Crippen LogP contribution in [-0.2, 0) is 7.05 Å². The Morgan fingerprint density at radius 1 is 0.931 bits per heavy atom. The molecular weight excluding hydrogens is 364 g/mol. The maximum atomic E-state index is 13.4. The standard InChI is InChI=1S/C24H20N2O3/c1-26-20-14-7-6-13-19(20)22(27)21(17-11-8-12-18(15-17)29-2)23(26)25-24(28)16-9-4-3-5-10-16/h3-15H,1-2H3,(H,25,28). The molecule has 0 aliphatic heterocycles. The molecule has 0 bridgehead atoms. The molecule has 1 amide bonds. The Morgan fingerprint density at radius 3 is 2.41 bits per heavy atom. The number of aryl methyl sites for hydroxylation is 1. The number of rotatable bonds is 4. The monoisotopic (exact) mass is 384 g/mol. The van der Waals surface area contributed by atoms with Crippen LogP contribution in [0.25, 0.3) is 22.0 Å². The van der Waals surface area contributed by atoms with Crippen molar-refractivity contribution in [1.29, 1.82) is 0 Å². The second kappa shape index (κ2) is 7.64. The zero-order chi connectivity index (χ0) is 20.4. The lowest BCUT2D eigenvalue weighted by Gasteiger charge is -2.18. The second-order valence-corrected chi connectivity index (χ2v) is 6.68. The van der Waals surface area contributed by atoms with Crippen LogP contribution in [0, 0.1) is 0 Å². The summed E-state index contributed by atoms with van der Waals surface area (Å²) in [4.78, 5) is 26.3. The summed E-state index contributed by atoms with van der Waals surface area (Å²) in [5.74, 6) is 0.800. The molecule has 1 N–H and O–H groups in total. The Hall–Kier alpha value is -3.86. The number of benzene rings is 3. The van der Waals surface area contributed by atoms with Crippen LogP contribution in [-0.4, -0.2) is 17.6 Å². The highest BCUT2D eigenvalue weighted by Gasteiger charge is 2.19. The molecule has 4 aromatic rings. The summed E-state index contributed by atoms with van der Waals surface area (Å²) in [7, 11) is 3.42. The van der Waals surface area contributed by atoms with Gasteiger partial charge >= 0.3 is 0 Å². The number of nitrogens with zero attached hydrogens (tertiary/aromatic N) is 1. The average Bonchev–Trinajstić information content (AvgIpc) is 2.78. The fourth-order valence-corrected chi connectivity index (χ4v) is 3.45. The Labute approximate surface area is 168 Å². The highest BCUT2D eigenvalue weighted by molar-refractivity contribution is 6.06. The number of nitrogens with one attached hydrogen (secondary N) is 1. The summed E-state index contributed by atoms with van der Waals surface area (Å²) in [5.41, 5.74) is 2.22. The molecule has 0 saturated heterocycles. The molecule has 5 nitrogen and oxygen atoms in total. The molecule has 144 valence electrons. The van der Waals surface area contributed by atoms with Gasteiger partial charge < -0.3 is 14.6 Å². The number of aromatic nitrogens is 1. The van der Waals surface area contributed by atoms with Crippen molar-refractivity contribution < 1.29 is 9.53 Å². The van der Waals surface area contributed by atoms with Gasteiger partial charge in [0.05, 0.1) is 18.2 Å².